The minimum Gasteiger partial charge on any atom is -0.357 e. The van der Waals surface area contributed by atoms with Gasteiger partial charge < -0.3 is 15.6 Å². The smallest absolute Gasteiger partial charge is 0.270 e. The number of amides is 1. The fraction of sp³-hybridized carbons (Fsp3) is 0.545. The molecule has 1 saturated heterocycles. The van der Waals surface area contributed by atoms with Gasteiger partial charge >= 0.3 is 0 Å². The van der Waals surface area contributed by atoms with Crippen LogP contribution in [0.1, 0.15) is 23.8 Å². The third kappa shape index (κ3) is 2.04. The van der Waals surface area contributed by atoms with Gasteiger partial charge in [-0.3, -0.25) is 4.79 Å². The largest absolute Gasteiger partial charge is 0.357 e. The third-order valence-electron chi connectivity index (χ3n) is 3.13. The van der Waals surface area contributed by atoms with Gasteiger partial charge in [0.05, 0.1) is 0 Å². The highest BCUT2D eigenvalue weighted by Gasteiger charge is 2.26. The van der Waals surface area contributed by atoms with E-state index < -0.39 is 0 Å². The number of H-pyrrole nitrogens is 1. The zero-order valence-electron chi connectivity index (χ0n) is 8.94. The number of rotatable bonds is 1. The van der Waals surface area contributed by atoms with Crippen LogP contribution in [0.5, 0.6) is 0 Å². The van der Waals surface area contributed by atoms with Gasteiger partial charge in [0, 0.05) is 25.3 Å². The lowest BCUT2D eigenvalue weighted by molar-refractivity contribution is 0.0667. The van der Waals surface area contributed by atoms with Gasteiger partial charge in [0.1, 0.15) is 5.69 Å². The van der Waals surface area contributed by atoms with Gasteiger partial charge in [0.25, 0.3) is 5.91 Å². The molecule has 0 aliphatic carbocycles. The predicted molar refractivity (Wildman–Crippen MR) is 58.5 cm³/mol. The standard InChI is InChI=1S/C11H17N3O/c1-8-4-6-14(7-9(8)12)11(15)10-3-2-5-13-10/h2-3,5,8-9,13H,4,6-7,12H2,1H3. The number of piperidine rings is 1. The SMILES string of the molecule is CC1CCN(C(=O)c2ccc[nH]2)CC1N. The molecule has 1 aliphatic rings. The lowest BCUT2D eigenvalue weighted by Crippen LogP contribution is -2.49. The van der Waals surface area contributed by atoms with E-state index in [1.807, 2.05) is 11.0 Å². The molecule has 0 radical (unpaired) electrons. The maximum Gasteiger partial charge on any atom is 0.270 e. The van der Waals surface area contributed by atoms with Crippen molar-refractivity contribution >= 4 is 5.91 Å². The highest BCUT2D eigenvalue weighted by molar-refractivity contribution is 5.92. The molecular weight excluding hydrogens is 190 g/mol. The molecule has 2 rings (SSSR count). The van der Waals surface area contributed by atoms with Crippen LogP contribution in [0.2, 0.25) is 0 Å². The lowest BCUT2D eigenvalue weighted by atomic mass is 9.94. The summed E-state index contributed by atoms with van der Waals surface area (Å²) >= 11 is 0. The Hall–Kier alpha value is -1.29. The predicted octanol–water partition coefficient (Wildman–Crippen LogP) is 0.824. The van der Waals surface area contributed by atoms with Gasteiger partial charge in [0.2, 0.25) is 0 Å². The van der Waals surface area contributed by atoms with Gasteiger partial charge in [-0.2, -0.15) is 0 Å². The van der Waals surface area contributed by atoms with Crippen LogP contribution >= 0.6 is 0 Å². The number of carbonyl (C=O) groups excluding carboxylic acids is 1. The van der Waals surface area contributed by atoms with E-state index in [-0.39, 0.29) is 11.9 Å². The molecule has 1 aromatic heterocycles. The topological polar surface area (TPSA) is 62.1 Å². The molecule has 3 N–H and O–H groups in total. The van der Waals surface area contributed by atoms with Crippen LogP contribution in [-0.2, 0) is 0 Å². The highest BCUT2D eigenvalue weighted by atomic mass is 16.2. The van der Waals surface area contributed by atoms with Crippen molar-refractivity contribution in [3.05, 3.63) is 24.0 Å². The first-order valence-corrected chi connectivity index (χ1v) is 5.36. The summed E-state index contributed by atoms with van der Waals surface area (Å²) in [7, 11) is 0. The Bertz CT molecular complexity index is 334. The van der Waals surface area contributed by atoms with Gasteiger partial charge in [0.15, 0.2) is 0 Å². The van der Waals surface area contributed by atoms with Crippen LogP contribution in [0, 0.1) is 5.92 Å². The number of aromatic nitrogens is 1. The third-order valence-corrected chi connectivity index (χ3v) is 3.13. The van der Waals surface area contributed by atoms with E-state index in [1.54, 1.807) is 12.3 Å². The number of hydrogen-bond donors (Lipinski definition) is 2. The van der Waals surface area contributed by atoms with Crippen LogP contribution < -0.4 is 5.73 Å². The quantitative estimate of drug-likeness (QED) is 0.716. The minimum atomic E-state index is 0.0577. The van der Waals surface area contributed by atoms with Crippen molar-refractivity contribution in [2.45, 2.75) is 19.4 Å². The first-order chi connectivity index (χ1) is 7.18. The average Bonchev–Trinajstić information content (AvgIpc) is 2.74. The summed E-state index contributed by atoms with van der Waals surface area (Å²) < 4.78 is 0. The van der Waals surface area contributed by atoms with Gasteiger partial charge in [-0.25, -0.2) is 0 Å². The van der Waals surface area contributed by atoms with Crippen LogP contribution in [0.25, 0.3) is 0 Å². The van der Waals surface area contributed by atoms with Crippen molar-refractivity contribution in [2.24, 2.45) is 11.7 Å². The van der Waals surface area contributed by atoms with Crippen LogP contribution in [0.15, 0.2) is 18.3 Å². The molecule has 4 nitrogen and oxygen atoms in total. The molecule has 0 saturated carbocycles. The Balaban J connectivity index is 2.03. The van der Waals surface area contributed by atoms with Crippen molar-refractivity contribution in [2.75, 3.05) is 13.1 Å². The summed E-state index contributed by atoms with van der Waals surface area (Å²) in [5.41, 5.74) is 6.61. The van der Waals surface area contributed by atoms with Crippen LogP contribution in [0.3, 0.4) is 0 Å². The number of carbonyl (C=O) groups is 1. The number of nitrogens with zero attached hydrogens (tertiary/aromatic N) is 1. The number of aromatic amines is 1. The molecule has 2 heterocycles. The zero-order chi connectivity index (χ0) is 10.8. The average molecular weight is 207 g/mol. The number of hydrogen-bond acceptors (Lipinski definition) is 2. The summed E-state index contributed by atoms with van der Waals surface area (Å²) in [6.07, 6.45) is 2.76. The second-order valence-corrected chi connectivity index (χ2v) is 4.26. The van der Waals surface area contributed by atoms with E-state index in [4.69, 9.17) is 5.73 Å². The second kappa shape index (κ2) is 4.06. The van der Waals surface area contributed by atoms with Crippen LogP contribution in [-0.4, -0.2) is 34.9 Å². The van der Waals surface area contributed by atoms with Crippen molar-refractivity contribution in [3.63, 3.8) is 0 Å². The maximum atomic E-state index is 12.0. The number of likely N-dealkylation sites (tertiary alicyclic amines) is 1. The molecule has 0 bridgehead atoms. The Morgan fingerprint density at radius 1 is 1.67 bits per heavy atom. The Kier molecular flexibility index (Phi) is 2.77. The summed E-state index contributed by atoms with van der Waals surface area (Å²) in [5, 5.41) is 0. The van der Waals surface area contributed by atoms with Crippen LogP contribution in [0.4, 0.5) is 0 Å². The molecule has 1 fully saturated rings. The molecule has 0 spiro atoms. The van der Waals surface area contributed by atoms with E-state index in [0.717, 1.165) is 13.0 Å². The number of nitrogens with one attached hydrogen (secondary N) is 1. The highest BCUT2D eigenvalue weighted by Crippen LogP contribution is 2.17. The normalized spacial score (nSPS) is 26.7. The lowest BCUT2D eigenvalue weighted by Gasteiger charge is -2.34. The monoisotopic (exact) mass is 207 g/mol. The minimum absolute atomic E-state index is 0.0577. The molecule has 1 aromatic rings. The fourth-order valence-electron chi connectivity index (χ4n) is 1.92. The van der Waals surface area contributed by atoms with Crippen molar-refractivity contribution in [1.82, 2.24) is 9.88 Å². The zero-order valence-corrected chi connectivity index (χ0v) is 8.94. The first kappa shape index (κ1) is 10.2. The fourth-order valence-corrected chi connectivity index (χ4v) is 1.92. The number of nitrogens with two attached hydrogens (primary N) is 1. The Labute approximate surface area is 89.5 Å². The van der Waals surface area contributed by atoms with Crippen molar-refractivity contribution < 1.29 is 4.79 Å². The molecule has 2 unspecified atom stereocenters. The summed E-state index contributed by atoms with van der Waals surface area (Å²) in [6, 6.07) is 3.74. The summed E-state index contributed by atoms with van der Waals surface area (Å²) in [5.74, 6) is 0.569. The van der Waals surface area contributed by atoms with Crippen molar-refractivity contribution in [1.29, 1.82) is 0 Å². The van der Waals surface area contributed by atoms with E-state index in [9.17, 15) is 4.79 Å². The van der Waals surface area contributed by atoms with E-state index in [1.165, 1.54) is 0 Å². The maximum absolute atomic E-state index is 12.0. The Morgan fingerprint density at radius 3 is 3.07 bits per heavy atom. The van der Waals surface area contributed by atoms with E-state index >= 15 is 0 Å². The van der Waals surface area contributed by atoms with Crippen molar-refractivity contribution in [3.8, 4) is 0 Å². The van der Waals surface area contributed by atoms with Gasteiger partial charge in [-0.15, -0.1) is 0 Å². The molecule has 1 amide bonds. The second-order valence-electron chi connectivity index (χ2n) is 4.26. The molecule has 15 heavy (non-hydrogen) atoms. The molecule has 0 aromatic carbocycles. The summed E-state index contributed by atoms with van der Waals surface area (Å²) in [6.45, 7) is 3.62. The Morgan fingerprint density at radius 2 is 2.47 bits per heavy atom. The molecule has 2 atom stereocenters. The molecular formula is C11H17N3O. The molecule has 4 heteroatoms. The summed E-state index contributed by atoms with van der Waals surface area (Å²) in [4.78, 5) is 16.7. The molecule has 82 valence electrons. The first-order valence-electron chi connectivity index (χ1n) is 5.36. The van der Waals surface area contributed by atoms with Gasteiger partial charge in [-0.1, -0.05) is 6.92 Å². The van der Waals surface area contributed by atoms with E-state index in [0.29, 0.717) is 18.2 Å². The van der Waals surface area contributed by atoms with E-state index in [2.05, 4.69) is 11.9 Å². The van der Waals surface area contributed by atoms with Gasteiger partial charge in [-0.05, 0) is 24.5 Å². The molecule has 1 aliphatic heterocycles.